The van der Waals surface area contributed by atoms with Gasteiger partial charge in [-0.15, -0.1) is 23.5 Å². The zero-order valence-electron chi connectivity index (χ0n) is 12.1. The molecule has 5 heteroatoms. The van der Waals surface area contributed by atoms with Gasteiger partial charge >= 0.3 is 5.97 Å². The molecule has 0 radical (unpaired) electrons. The van der Waals surface area contributed by atoms with Gasteiger partial charge in [-0.3, -0.25) is 0 Å². The highest BCUT2D eigenvalue weighted by Gasteiger charge is 2.29. The van der Waals surface area contributed by atoms with Crippen molar-refractivity contribution in [3.05, 3.63) is 35.9 Å². The maximum Gasteiger partial charge on any atom is 0.347 e. The summed E-state index contributed by atoms with van der Waals surface area (Å²) in [7, 11) is 0. The Kier molecular flexibility index (Phi) is 4.70. The van der Waals surface area contributed by atoms with E-state index in [2.05, 4.69) is 24.5 Å². The second kappa shape index (κ2) is 6.14. The van der Waals surface area contributed by atoms with Gasteiger partial charge in [0.15, 0.2) is 0 Å². The summed E-state index contributed by atoms with van der Waals surface area (Å²) in [6.45, 7) is 5.82. The van der Waals surface area contributed by atoms with Gasteiger partial charge in [-0.2, -0.15) is 0 Å². The third-order valence-electron chi connectivity index (χ3n) is 3.15. The minimum absolute atomic E-state index is 0.269. The largest absolute Gasteiger partial charge is 0.347 e. The second-order valence-corrected chi connectivity index (χ2v) is 7.95. The predicted molar refractivity (Wildman–Crippen MR) is 86.6 cm³/mol. The minimum atomic E-state index is -0.553. The Hall–Kier alpha value is -1.07. The van der Waals surface area contributed by atoms with E-state index in [1.165, 1.54) is 16.7 Å². The fraction of sp³-hybridized carbons (Fsp3) is 0.400. The highest BCUT2D eigenvalue weighted by molar-refractivity contribution is 8.00. The van der Waals surface area contributed by atoms with Crippen molar-refractivity contribution in [1.29, 1.82) is 0 Å². The number of hydrogen-bond acceptors (Lipinski definition) is 5. The molecule has 0 saturated carbocycles. The van der Waals surface area contributed by atoms with E-state index < -0.39 is 4.75 Å². The fourth-order valence-electron chi connectivity index (χ4n) is 1.75. The smallest absolute Gasteiger partial charge is 0.342 e. The lowest BCUT2D eigenvalue weighted by molar-refractivity contribution is -0.150. The third kappa shape index (κ3) is 3.33. The van der Waals surface area contributed by atoms with Gasteiger partial charge in [-0.25, -0.2) is 10.3 Å². The average molecular weight is 309 g/mol. The van der Waals surface area contributed by atoms with E-state index in [9.17, 15) is 4.79 Å². The summed E-state index contributed by atoms with van der Waals surface area (Å²) in [5, 5.41) is 0.347. The molecule has 1 aromatic rings. The lowest BCUT2D eigenvalue weighted by atomic mass is 10.1. The Labute approximate surface area is 128 Å². The predicted octanol–water partition coefficient (Wildman–Crippen LogP) is 3.71. The van der Waals surface area contributed by atoms with Crippen LogP contribution in [0.3, 0.4) is 0 Å². The van der Waals surface area contributed by atoms with Gasteiger partial charge in [-0.05, 0) is 39.2 Å². The Balaban J connectivity index is 2.11. The fourth-order valence-corrected chi connectivity index (χ4v) is 3.02. The topological polar surface area (TPSA) is 38.3 Å². The molecule has 1 aliphatic heterocycles. The zero-order chi connectivity index (χ0) is 14.8. The van der Waals surface area contributed by atoms with Crippen molar-refractivity contribution in [2.45, 2.75) is 35.7 Å². The van der Waals surface area contributed by atoms with Crippen LogP contribution in [0.15, 0.2) is 35.2 Å². The molecule has 1 heterocycles. The molecule has 0 spiro atoms. The molecule has 2 rings (SSSR count). The molecule has 0 fully saturated rings. The molecule has 108 valence electrons. The Morgan fingerprint density at radius 1 is 1.40 bits per heavy atom. The van der Waals surface area contributed by atoms with Crippen molar-refractivity contribution in [1.82, 2.24) is 5.48 Å². The molecule has 1 aromatic carbocycles. The van der Waals surface area contributed by atoms with Crippen LogP contribution in [0, 0.1) is 0 Å². The Morgan fingerprint density at radius 3 is 2.80 bits per heavy atom. The summed E-state index contributed by atoms with van der Waals surface area (Å²) in [5.74, 6) is -0.269. The van der Waals surface area contributed by atoms with Crippen LogP contribution in [0.1, 0.15) is 26.3 Å². The van der Waals surface area contributed by atoms with Crippen molar-refractivity contribution >= 4 is 35.2 Å². The van der Waals surface area contributed by atoms with Crippen molar-refractivity contribution in [3.8, 4) is 0 Å². The summed E-state index contributed by atoms with van der Waals surface area (Å²) >= 11 is 3.27. The number of hydrogen-bond donors (Lipinski definition) is 1. The first kappa shape index (κ1) is 15.3. The Morgan fingerprint density at radius 2 is 2.10 bits per heavy atom. The molecular formula is C15H19NO2S2. The van der Waals surface area contributed by atoms with Crippen LogP contribution in [0.25, 0.3) is 5.70 Å². The van der Waals surface area contributed by atoms with Crippen LogP contribution >= 0.6 is 23.5 Å². The highest BCUT2D eigenvalue weighted by Crippen LogP contribution is 2.36. The molecule has 1 aliphatic rings. The molecule has 1 unspecified atom stereocenters. The van der Waals surface area contributed by atoms with Gasteiger partial charge in [0.05, 0.1) is 5.70 Å². The van der Waals surface area contributed by atoms with Crippen molar-refractivity contribution in [2.75, 3.05) is 6.26 Å². The van der Waals surface area contributed by atoms with Crippen molar-refractivity contribution in [3.63, 3.8) is 0 Å². The summed E-state index contributed by atoms with van der Waals surface area (Å²) < 4.78 is -0.553. The standard InChI is InChI=1S/C15H19NO2S2/c1-10-9-12(11-7-5-6-8-13(11)20-10)16-18-14(17)15(2,3)19-4/h5-10,16H,1-4H3. The molecule has 3 nitrogen and oxygen atoms in total. The van der Waals surface area contributed by atoms with Crippen LogP contribution in [0.2, 0.25) is 0 Å². The molecule has 20 heavy (non-hydrogen) atoms. The van der Waals surface area contributed by atoms with Crippen LogP contribution in [-0.4, -0.2) is 22.2 Å². The molecule has 1 N–H and O–H groups in total. The van der Waals surface area contributed by atoms with E-state index in [-0.39, 0.29) is 5.97 Å². The number of benzene rings is 1. The first-order valence-corrected chi connectivity index (χ1v) is 8.55. The van der Waals surface area contributed by atoms with Gasteiger partial charge in [0.2, 0.25) is 0 Å². The maximum absolute atomic E-state index is 12.0. The normalized spacial score (nSPS) is 18.0. The van der Waals surface area contributed by atoms with Gasteiger partial charge < -0.3 is 4.84 Å². The van der Waals surface area contributed by atoms with E-state index in [0.717, 1.165) is 11.3 Å². The quantitative estimate of drug-likeness (QED) is 0.858. The summed E-state index contributed by atoms with van der Waals surface area (Å²) in [6, 6.07) is 8.11. The molecule has 1 atom stereocenters. The number of thioether (sulfide) groups is 2. The summed E-state index contributed by atoms with van der Waals surface area (Å²) in [5.41, 5.74) is 4.77. The Bertz CT molecular complexity index is 540. The van der Waals surface area contributed by atoms with Crippen molar-refractivity contribution in [2.24, 2.45) is 0 Å². The van der Waals surface area contributed by atoms with E-state index >= 15 is 0 Å². The number of nitrogens with one attached hydrogen (secondary N) is 1. The van der Waals surface area contributed by atoms with Gasteiger partial charge in [-0.1, -0.05) is 18.2 Å². The summed E-state index contributed by atoms with van der Waals surface area (Å²) in [4.78, 5) is 18.4. The number of carbonyl (C=O) groups excluding carboxylic acids is 1. The number of fused-ring (bicyclic) bond motifs is 1. The van der Waals surface area contributed by atoms with Crippen molar-refractivity contribution < 1.29 is 9.63 Å². The SMILES string of the molecule is CSC(C)(C)C(=O)ONC1=CC(C)Sc2ccccc21. The van der Waals surface area contributed by atoms with Gasteiger partial charge in [0.1, 0.15) is 4.75 Å². The number of hydroxylamine groups is 1. The minimum Gasteiger partial charge on any atom is -0.342 e. The summed E-state index contributed by atoms with van der Waals surface area (Å²) in [6.07, 6.45) is 3.97. The monoisotopic (exact) mass is 309 g/mol. The molecular weight excluding hydrogens is 290 g/mol. The first-order valence-electron chi connectivity index (χ1n) is 6.44. The highest BCUT2D eigenvalue weighted by atomic mass is 32.2. The van der Waals surface area contributed by atoms with E-state index in [0.29, 0.717) is 5.25 Å². The van der Waals surface area contributed by atoms with Gasteiger partial charge in [0.25, 0.3) is 0 Å². The first-order chi connectivity index (χ1) is 9.44. The van der Waals surface area contributed by atoms with Crippen LogP contribution in [0.5, 0.6) is 0 Å². The molecule has 0 bridgehead atoms. The van der Waals surface area contributed by atoms with E-state index in [1.807, 2.05) is 38.3 Å². The second-order valence-electron chi connectivity index (χ2n) is 5.11. The lowest BCUT2D eigenvalue weighted by Gasteiger charge is -2.24. The zero-order valence-corrected chi connectivity index (χ0v) is 13.7. The number of rotatable bonds is 4. The maximum atomic E-state index is 12.0. The number of carbonyl (C=O) groups is 1. The molecule has 0 amide bonds. The lowest BCUT2D eigenvalue weighted by Crippen LogP contribution is -2.34. The van der Waals surface area contributed by atoms with Crippen LogP contribution in [0.4, 0.5) is 0 Å². The third-order valence-corrected chi connectivity index (χ3v) is 5.45. The molecule has 0 saturated heterocycles. The van der Waals surface area contributed by atoms with Crippen LogP contribution in [-0.2, 0) is 9.63 Å². The van der Waals surface area contributed by atoms with E-state index in [1.54, 1.807) is 11.8 Å². The van der Waals surface area contributed by atoms with Gasteiger partial charge in [0, 0.05) is 15.7 Å². The van der Waals surface area contributed by atoms with E-state index in [4.69, 9.17) is 4.84 Å². The molecule has 0 aromatic heterocycles. The molecule has 0 aliphatic carbocycles. The average Bonchev–Trinajstić information content (AvgIpc) is 2.44. The van der Waals surface area contributed by atoms with Crippen LogP contribution < -0.4 is 5.48 Å².